The highest BCUT2D eigenvalue weighted by Crippen LogP contribution is 2.34. The molecule has 2 unspecified atom stereocenters. The fourth-order valence-electron chi connectivity index (χ4n) is 5.44. The second-order valence-corrected chi connectivity index (χ2v) is 9.91. The lowest BCUT2D eigenvalue weighted by Gasteiger charge is -2.29. The molecule has 2 aromatic rings. The van der Waals surface area contributed by atoms with Crippen molar-refractivity contribution in [2.45, 2.75) is 43.9 Å². The van der Waals surface area contributed by atoms with E-state index in [1.165, 1.54) is 0 Å². The van der Waals surface area contributed by atoms with Crippen LogP contribution >= 0.6 is 0 Å². The highest BCUT2D eigenvalue weighted by atomic mass is 16.2. The summed E-state index contributed by atoms with van der Waals surface area (Å²) in [7, 11) is 4.04. The summed E-state index contributed by atoms with van der Waals surface area (Å²) < 4.78 is 0. The van der Waals surface area contributed by atoms with E-state index in [1.54, 1.807) is 4.90 Å². The Kier molecular flexibility index (Phi) is 5.65. The first-order chi connectivity index (χ1) is 16.2. The molecule has 0 aliphatic carbocycles. The quantitative estimate of drug-likeness (QED) is 0.656. The van der Waals surface area contributed by atoms with Crippen molar-refractivity contribution in [2.24, 2.45) is 5.73 Å². The van der Waals surface area contributed by atoms with E-state index in [1.807, 2.05) is 38.4 Å². The number of piperidine rings is 1. The number of anilines is 1. The number of carbonyl (C=O) groups is 3. The van der Waals surface area contributed by atoms with Gasteiger partial charge >= 0.3 is 0 Å². The summed E-state index contributed by atoms with van der Waals surface area (Å²) in [5, 5.41) is 2.37. The Hall–Kier alpha value is -3.23. The Morgan fingerprint density at radius 3 is 2.71 bits per heavy atom. The van der Waals surface area contributed by atoms with Crippen LogP contribution in [0.4, 0.5) is 5.69 Å². The molecule has 0 radical (unpaired) electrons. The SMILES string of the molecule is CN(C)c1cccc(C2(N)CCN(Cc3cccc4c3C(=O)N(C3CCC(=O)NC3=O)C4)C2)c1. The van der Waals surface area contributed by atoms with Crippen LogP contribution in [0, 0.1) is 0 Å². The van der Waals surface area contributed by atoms with Crippen molar-refractivity contribution in [3.05, 3.63) is 64.7 Å². The van der Waals surface area contributed by atoms with Crippen LogP contribution in [0.5, 0.6) is 0 Å². The fraction of sp³-hybridized carbons (Fsp3) is 0.423. The molecule has 5 rings (SSSR count). The Labute approximate surface area is 199 Å². The number of imide groups is 1. The predicted octanol–water partition coefficient (Wildman–Crippen LogP) is 1.57. The number of likely N-dealkylation sites (tertiary alicyclic amines) is 1. The van der Waals surface area contributed by atoms with Gasteiger partial charge in [-0.1, -0.05) is 30.3 Å². The van der Waals surface area contributed by atoms with Gasteiger partial charge in [0.15, 0.2) is 0 Å². The van der Waals surface area contributed by atoms with Crippen LogP contribution < -0.4 is 16.0 Å². The van der Waals surface area contributed by atoms with E-state index in [2.05, 4.69) is 33.3 Å². The number of nitrogens with two attached hydrogens (primary N) is 1. The second kappa shape index (κ2) is 8.52. The third kappa shape index (κ3) is 3.97. The van der Waals surface area contributed by atoms with E-state index in [0.29, 0.717) is 31.6 Å². The van der Waals surface area contributed by atoms with Crippen molar-refractivity contribution in [3.63, 3.8) is 0 Å². The highest BCUT2D eigenvalue weighted by Gasteiger charge is 2.41. The highest BCUT2D eigenvalue weighted by molar-refractivity contribution is 6.06. The fourth-order valence-corrected chi connectivity index (χ4v) is 5.44. The monoisotopic (exact) mass is 461 g/mol. The van der Waals surface area contributed by atoms with Crippen molar-refractivity contribution in [1.82, 2.24) is 15.1 Å². The maximum atomic E-state index is 13.4. The number of amides is 3. The van der Waals surface area contributed by atoms with Crippen molar-refractivity contribution < 1.29 is 14.4 Å². The summed E-state index contributed by atoms with van der Waals surface area (Å²) >= 11 is 0. The van der Waals surface area contributed by atoms with Crippen molar-refractivity contribution in [2.75, 3.05) is 32.1 Å². The van der Waals surface area contributed by atoms with Crippen molar-refractivity contribution in [3.8, 4) is 0 Å². The summed E-state index contributed by atoms with van der Waals surface area (Å²) in [6.45, 7) is 2.58. The van der Waals surface area contributed by atoms with Crippen LogP contribution in [0.2, 0.25) is 0 Å². The topological polar surface area (TPSA) is 99.0 Å². The van der Waals surface area contributed by atoms with Crippen LogP contribution in [-0.4, -0.2) is 60.7 Å². The Morgan fingerprint density at radius 1 is 1.15 bits per heavy atom. The molecule has 2 saturated heterocycles. The first-order valence-electron chi connectivity index (χ1n) is 11.8. The Morgan fingerprint density at radius 2 is 1.94 bits per heavy atom. The van der Waals surface area contributed by atoms with Gasteiger partial charge in [0.05, 0.1) is 5.54 Å². The largest absolute Gasteiger partial charge is 0.378 e. The van der Waals surface area contributed by atoms with E-state index in [9.17, 15) is 14.4 Å². The Balaban J connectivity index is 1.33. The number of hydrogen-bond acceptors (Lipinski definition) is 6. The predicted molar refractivity (Wildman–Crippen MR) is 129 cm³/mol. The molecule has 0 aromatic heterocycles. The van der Waals surface area contributed by atoms with Gasteiger partial charge in [0, 0.05) is 57.9 Å². The molecule has 34 heavy (non-hydrogen) atoms. The summed E-state index contributed by atoms with van der Waals surface area (Å²) in [5.74, 6) is -0.787. The molecule has 3 heterocycles. The molecule has 2 atom stereocenters. The van der Waals surface area contributed by atoms with Crippen LogP contribution in [-0.2, 0) is 28.2 Å². The molecule has 8 nitrogen and oxygen atoms in total. The summed E-state index contributed by atoms with van der Waals surface area (Å²) in [5.41, 5.74) is 11.3. The average molecular weight is 462 g/mol. The molecule has 0 bridgehead atoms. The lowest BCUT2D eigenvalue weighted by molar-refractivity contribution is -0.136. The third-order valence-electron chi connectivity index (χ3n) is 7.35. The third-order valence-corrected chi connectivity index (χ3v) is 7.35. The zero-order valence-electron chi connectivity index (χ0n) is 19.7. The zero-order chi connectivity index (χ0) is 24.0. The summed E-state index contributed by atoms with van der Waals surface area (Å²) in [6.07, 6.45) is 1.47. The van der Waals surface area contributed by atoms with Gasteiger partial charge in [0.2, 0.25) is 11.8 Å². The molecule has 0 saturated carbocycles. The molecule has 3 N–H and O–H groups in total. The lowest BCUT2D eigenvalue weighted by atomic mass is 9.90. The van der Waals surface area contributed by atoms with Crippen LogP contribution in [0.1, 0.15) is 46.3 Å². The maximum Gasteiger partial charge on any atom is 0.255 e. The minimum Gasteiger partial charge on any atom is -0.378 e. The summed E-state index contributed by atoms with van der Waals surface area (Å²) in [4.78, 5) is 43.3. The van der Waals surface area contributed by atoms with Crippen molar-refractivity contribution >= 4 is 23.4 Å². The zero-order valence-corrected chi connectivity index (χ0v) is 19.7. The van der Waals surface area contributed by atoms with Gasteiger partial charge in [0.1, 0.15) is 6.04 Å². The number of carbonyl (C=O) groups excluding carboxylic acids is 3. The van der Waals surface area contributed by atoms with E-state index >= 15 is 0 Å². The molecule has 8 heteroatoms. The smallest absolute Gasteiger partial charge is 0.255 e. The standard InChI is InChI=1S/C26H31N5O3/c1-29(2)20-8-4-7-19(13-20)26(27)11-12-30(16-26)14-17-5-3-6-18-15-31(25(34)23(17)18)21-9-10-22(32)28-24(21)33/h3-8,13,21H,9-12,14-16,27H2,1-2H3,(H,28,32,33). The molecule has 3 aliphatic heterocycles. The van der Waals surface area contributed by atoms with Crippen LogP contribution in [0.15, 0.2) is 42.5 Å². The van der Waals surface area contributed by atoms with Gasteiger partial charge in [-0.15, -0.1) is 0 Å². The lowest BCUT2D eigenvalue weighted by Crippen LogP contribution is -2.52. The molecule has 0 spiro atoms. The van der Waals surface area contributed by atoms with Crippen LogP contribution in [0.3, 0.4) is 0 Å². The van der Waals surface area contributed by atoms with E-state index in [-0.39, 0.29) is 24.1 Å². The molecule has 178 valence electrons. The summed E-state index contributed by atoms with van der Waals surface area (Å²) in [6, 6.07) is 13.7. The number of benzene rings is 2. The number of nitrogens with zero attached hydrogens (tertiary/aromatic N) is 3. The number of rotatable bonds is 5. The van der Waals surface area contributed by atoms with Gasteiger partial charge in [-0.3, -0.25) is 24.6 Å². The normalized spacial score (nSPS) is 25.0. The minimum absolute atomic E-state index is 0.128. The van der Waals surface area contributed by atoms with Gasteiger partial charge < -0.3 is 15.5 Å². The average Bonchev–Trinajstić information content (AvgIpc) is 3.35. The molecule has 2 aromatic carbocycles. The van der Waals surface area contributed by atoms with E-state index in [4.69, 9.17) is 5.73 Å². The molecular weight excluding hydrogens is 430 g/mol. The van der Waals surface area contributed by atoms with Gasteiger partial charge in [-0.05, 0) is 41.7 Å². The van der Waals surface area contributed by atoms with Crippen LogP contribution in [0.25, 0.3) is 0 Å². The number of fused-ring (bicyclic) bond motifs is 1. The molecule has 3 aliphatic rings. The van der Waals surface area contributed by atoms with Gasteiger partial charge in [0.25, 0.3) is 5.91 Å². The first kappa shape index (κ1) is 22.6. The van der Waals surface area contributed by atoms with E-state index < -0.39 is 11.6 Å². The molecular formula is C26H31N5O3. The molecule has 3 amide bonds. The first-order valence-corrected chi connectivity index (χ1v) is 11.8. The number of nitrogens with one attached hydrogen (secondary N) is 1. The second-order valence-electron chi connectivity index (χ2n) is 9.91. The maximum absolute atomic E-state index is 13.4. The molecule has 2 fully saturated rings. The number of hydrogen-bond donors (Lipinski definition) is 2. The van der Waals surface area contributed by atoms with Gasteiger partial charge in [-0.25, -0.2) is 0 Å². The van der Waals surface area contributed by atoms with E-state index in [0.717, 1.165) is 35.3 Å². The van der Waals surface area contributed by atoms with Crippen molar-refractivity contribution in [1.29, 1.82) is 0 Å². The van der Waals surface area contributed by atoms with Gasteiger partial charge in [-0.2, -0.15) is 0 Å². The Bertz CT molecular complexity index is 1160. The minimum atomic E-state index is -0.599.